The molecule has 0 aliphatic carbocycles. The summed E-state index contributed by atoms with van der Waals surface area (Å²) in [6.45, 7) is 5.92. The summed E-state index contributed by atoms with van der Waals surface area (Å²) in [5.74, 6) is 0.00274. The lowest BCUT2D eigenvalue weighted by atomic mass is 10.1. The Kier molecular flexibility index (Phi) is 4.34. The van der Waals surface area contributed by atoms with Gasteiger partial charge in [-0.3, -0.25) is 0 Å². The molecule has 24 heavy (non-hydrogen) atoms. The third kappa shape index (κ3) is 2.77. The van der Waals surface area contributed by atoms with Crippen molar-refractivity contribution < 1.29 is 9.67 Å². The van der Waals surface area contributed by atoms with Gasteiger partial charge in [0.1, 0.15) is 11.3 Å². The lowest BCUT2D eigenvalue weighted by Gasteiger charge is -2.09. The summed E-state index contributed by atoms with van der Waals surface area (Å²) in [7, 11) is 0. The van der Waals surface area contributed by atoms with E-state index in [9.17, 15) is 9.90 Å². The van der Waals surface area contributed by atoms with Crippen LogP contribution < -0.4 is 10.1 Å². The molecule has 3 aromatic rings. The van der Waals surface area contributed by atoms with Crippen molar-refractivity contribution in [2.45, 2.75) is 40.0 Å². The maximum absolute atomic E-state index is 12.8. The second-order valence-electron chi connectivity index (χ2n) is 6.13. The van der Waals surface area contributed by atoms with Crippen molar-refractivity contribution in [3.8, 4) is 11.6 Å². The third-order valence-corrected chi connectivity index (χ3v) is 4.18. The number of aryl methyl sites for hydroxylation is 2. The minimum Gasteiger partial charge on any atom is -0.477 e. The zero-order valence-corrected chi connectivity index (χ0v) is 14.3. The summed E-state index contributed by atoms with van der Waals surface area (Å²) in [4.78, 5) is 12.8. The molecule has 2 aromatic heterocycles. The molecule has 0 fully saturated rings. The van der Waals surface area contributed by atoms with Gasteiger partial charge < -0.3 is 5.11 Å². The van der Waals surface area contributed by atoms with Gasteiger partial charge in [-0.1, -0.05) is 40.7 Å². The van der Waals surface area contributed by atoms with Crippen LogP contribution in [0.4, 0.5) is 0 Å². The van der Waals surface area contributed by atoms with E-state index in [0.717, 1.165) is 29.8 Å². The van der Waals surface area contributed by atoms with E-state index in [0.29, 0.717) is 17.6 Å². The summed E-state index contributed by atoms with van der Waals surface area (Å²) >= 11 is 0. The Hall–Kier alpha value is -2.69. The van der Waals surface area contributed by atoms with Crippen LogP contribution in [0, 0.1) is 13.8 Å². The highest BCUT2D eigenvalue weighted by molar-refractivity contribution is 5.39. The summed E-state index contributed by atoms with van der Waals surface area (Å²) in [5, 5.41) is 15.2. The van der Waals surface area contributed by atoms with E-state index in [2.05, 4.69) is 12.0 Å². The predicted molar refractivity (Wildman–Crippen MR) is 92.7 cm³/mol. The van der Waals surface area contributed by atoms with Gasteiger partial charge in [-0.25, -0.2) is 4.79 Å². The van der Waals surface area contributed by atoms with E-state index in [-0.39, 0.29) is 11.4 Å². The Bertz CT molecular complexity index is 943. The standard InChI is InChI=1S/C19H21N3O2/c1-4-5-6-16-18(23)21(15-10-7-13(2)8-11-15)17-12-9-14(3)20-22(17)19(16)24/h7-12H,4-6H2,1-3H3/p+1. The largest absolute Gasteiger partial charge is 0.477 e. The fourth-order valence-corrected chi connectivity index (χ4v) is 2.81. The first-order valence-corrected chi connectivity index (χ1v) is 8.26. The maximum atomic E-state index is 12.8. The van der Waals surface area contributed by atoms with E-state index in [4.69, 9.17) is 0 Å². The Morgan fingerprint density at radius 1 is 1.12 bits per heavy atom. The molecule has 1 aromatic carbocycles. The molecule has 0 amide bonds. The maximum Gasteiger partial charge on any atom is 0.370 e. The van der Waals surface area contributed by atoms with Gasteiger partial charge in [0, 0.05) is 6.07 Å². The molecule has 5 heteroatoms. The van der Waals surface area contributed by atoms with Crippen LogP contribution in [-0.4, -0.2) is 14.7 Å². The lowest BCUT2D eigenvalue weighted by molar-refractivity contribution is -0.581. The highest BCUT2D eigenvalue weighted by Crippen LogP contribution is 2.16. The Labute approximate surface area is 140 Å². The Morgan fingerprint density at radius 2 is 1.83 bits per heavy atom. The van der Waals surface area contributed by atoms with Crippen molar-refractivity contribution in [1.29, 1.82) is 0 Å². The van der Waals surface area contributed by atoms with Crippen molar-refractivity contribution in [3.05, 3.63) is 63.6 Å². The van der Waals surface area contributed by atoms with E-state index in [1.54, 1.807) is 4.57 Å². The third-order valence-electron chi connectivity index (χ3n) is 4.18. The first kappa shape index (κ1) is 16.2. The van der Waals surface area contributed by atoms with Gasteiger partial charge >= 0.3 is 11.2 Å². The number of unbranched alkanes of at least 4 members (excludes halogenated alkanes) is 1. The number of rotatable bonds is 4. The first-order chi connectivity index (χ1) is 11.5. The van der Waals surface area contributed by atoms with Gasteiger partial charge in [0.15, 0.2) is 0 Å². The molecule has 0 atom stereocenters. The van der Waals surface area contributed by atoms with Crippen molar-refractivity contribution in [2.24, 2.45) is 0 Å². The number of hydrogen-bond donors (Lipinski definition) is 1. The normalized spacial score (nSPS) is 11.1. The quantitative estimate of drug-likeness (QED) is 0.751. The van der Waals surface area contributed by atoms with E-state index in [1.165, 1.54) is 4.52 Å². The van der Waals surface area contributed by atoms with Crippen LogP contribution in [0.2, 0.25) is 0 Å². The Morgan fingerprint density at radius 3 is 2.50 bits per heavy atom. The average Bonchev–Trinajstić information content (AvgIpc) is 2.57. The molecule has 3 rings (SSSR count). The number of aromatic nitrogens is 3. The van der Waals surface area contributed by atoms with Gasteiger partial charge in [-0.15, -0.1) is 0 Å². The molecule has 0 aliphatic heterocycles. The molecule has 0 saturated carbocycles. The van der Waals surface area contributed by atoms with Crippen LogP contribution >= 0.6 is 0 Å². The molecular formula is C19H22N3O2+. The SMILES string of the molecule is CCCCc1c(O)[n+](-c2ccc(C)cc2)c2ccc(C)nn2c1=O. The number of nitrogens with zero attached hydrogens (tertiary/aromatic N) is 3. The van der Waals surface area contributed by atoms with Crippen LogP contribution in [0.15, 0.2) is 41.2 Å². The van der Waals surface area contributed by atoms with Gasteiger partial charge in [-0.05, 0) is 44.9 Å². The molecule has 0 aliphatic rings. The highest BCUT2D eigenvalue weighted by atomic mass is 16.3. The summed E-state index contributed by atoms with van der Waals surface area (Å²) in [5.41, 5.74) is 3.41. The van der Waals surface area contributed by atoms with Crippen molar-refractivity contribution in [1.82, 2.24) is 9.61 Å². The zero-order valence-electron chi connectivity index (χ0n) is 14.3. The van der Waals surface area contributed by atoms with E-state index < -0.39 is 0 Å². The predicted octanol–water partition coefficient (Wildman–Crippen LogP) is 2.64. The second kappa shape index (κ2) is 6.43. The first-order valence-electron chi connectivity index (χ1n) is 8.26. The number of aromatic hydroxyl groups is 1. The second-order valence-corrected chi connectivity index (χ2v) is 6.13. The van der Waals surface area contributed by atoms with Gasteiger partial charge in [0.2, 0.25) is 0 Å². The smallest absolute Gasteiger partial charge is 0.370 e. The summed E-state index contributed by atoms with van der Waals surface area (Å²) < 4.78 is 3.08. The number of fused-ring (bicyclic) bond motifs is 1. The fourth-order valence-electron chi connectivity index (χ4n) is 2.81. The van der Waals surface area contributed by atoms with Crippen molar-refractivity contribution >= 4 is 5.65 Å². The number of benzene rings is 1. The van der Waals surface area contributed by atoms with Crippen LogP contribution in [-0.2, 0) is 6.42 Å². The van der Waals surface area contributed by atoms with Gasteiger partial charge in [-0.2, -0.15) is 4.57 Å². The molecule has 0 spiro atoms. The molecule has 1 N–H and O–H groups in total. The molecular weight excluding hydrogens is 302 g/mol. The molecule has 5 nitrogen and oxygen atoms in total. The minimum absolute atomic E-state index is 0.00274. The van der Waals surface area contributed by atoms with Crippen LogP contribution in [0.25, 0.3) is 11.3 Å². The van der Waals surface area contributed by atoms with Gasteiger partial charge in [0.05, 0.1) is 5.69 Å². The summed E-state index contributed by atoms with van der Waals surface area (Å²) in [6, 6.07) is 11.5. The fraction of sp³-hybridized carbons (Fsp3) is 0.316. The van der Waals surface area contributed by atoms with Gasteiger partial charge in [0.25, 0.3) is 5.88 Å². The highest BCUT2D eigenvalue weighted by Gasteiger charge is 2.25. The summed E-state index contributed by atoms with van der Waals surface area (Å²) in [6.07, 6.45) is 2.33. The van der Waals surface area contributed by atoms with Crippen molar-refractivity contribution in [3.63, 3.8) is 0 Å². The average molecular weight is 324 g/mol. The lowest BCUT2D eigenvalue weighted by Crippen LogP contribution is -2.40. The van der Waals surface area contributed by atoms with Crippen LogP contribution in [0.1, 0.15) is 36.6 Å². The van der Waals surface area contributed by atoms with Crippen LogP contribution in [0.3, 0.4) is 0 Å². The molecule has 2 heterocycles. The molecule has 0 bridgehead atoms. The molecule has 124 valence electrons. The molecule has 0 unspecified atom stereocenters. The zero-order chi connectivity index (χ0) is 17.3. The molecule has 0 saturated heterocycles. The van der Waals surface area contributed by atoms with E-state index in [1.807, 2.05) is 50.2 Å². The monoisotopic (exact) mass is 324 g/mol. The van der Waals surface area contributed by atoms with Crippen molar-refractivity contribution in [2.75, 3.05) is 0 Å². The topological polar surface area (TPSA) is 58.5 Å². The van der Waals surface area contributed by atoms with Crippen LogP contribution in [0.5, 0.6) is 5.88 Å². The van der Waals surface area contributed by atoms with E-state index >= 15 is 0 Å². The Balaban J connectivity index is 2.37. The molecule has 0 radical (unpaired) electrons. The minimum atomic E-state index is -0.247. The number of hydrogen-bond acceptors (Lipinski definition) is 3.